The highest BCUT2D eigenvalue weighted by Crippen LogP contribution is 2.30. The number of amides is 1. The molecule has 1 aliphatic heterocycles. The molecule has 136 valence electrons. The molecule has 2 aliphatic rings. The number of halogens is 1. The Morgan fingerprint density at radius 2 is 2.12 bits per heavy atom. The summed E-state index contributed by atoms with van der Waals surface area (Å²) >= 11 is 0. The van der Waals surface area contributed by atoms with Gasteiger partial charge in [-0.05, 0) is 50.3 Å². The number of likely N-dealkylation sites (tertiary alicyclic amines) is 1. The fourth-order valence-corrected chi connectivity index (χ4v) is 3.89. The van der Waals surface area contributed by atoms with Gasteiger partial charge in [0.05, 0.1) is 5.92 Å². The summed E-state index contributed by atoms with van der Waals surface area (Å²) in [7, 11) is 0. The third-order valence-corrected chi connectivity index (χ3v) is 5.29. The van der Waals surface area contributed by atoms with Gasteiger partial charge in [0, 0.05) is 24.3 Å². The molecule has 26 heavy (non-hydrogen) atoms. The molecule has 1 saturated heterocycles. The van der Waals surface area contributed by atoms with E-state index in [1.165, 1.54) is 6.07 Å². The van der Waals surface area contributed by atoms with E-state index in [2.05, 4.69) is 5.10 Å². The molecule has 1 aromatic heterocycles. The molecular formula is C19H20FN3O3. The molecule has 6 nitrogen and oxygen atoms in total. The van der Waals surface area contributed by atoms with Gasteiger partial charge in [0.2, 0.25) is 0 Å². The third kappa shape index (κ3) is 2.67. The molecule has 1 amide bonds. The molecule has 2 aromatic rings. The van der Waals surface area contributed by atoms with Gasteiger partial charge >= 0.3 is 5.97 Å². The van der Waals surface area contributed by atoms with Crippen LogP contribution in [0.25, 0.3) is 5.69 Å². The lowest BCUT2D eigenvalue weighted by atomic mass is 10.1. The van der Waals surface area contributed by atoms with Gasteiger partial charge in [-0.2, -0.15) is 5.10 Å². The predicted octanol–water partition coefficient (Wildman–Crippen LogP) is 2.36. The van der Waals surface area contributed by atoms with Gasteiger partial charge in [0.15, 0.2) is 5.69 Å². The molecule has 7 heteroatoms. The van der Waals surface area contributed by atoms with Crippen molar-refractivity contribution in [2.75, 3.05) is 13.1 Å². The van der Waals surface area contributed by atoms with Crippen LogP contribution in [0.4, 0.5) is 4.39 Å². The molecule has 1 unspecified atom stereocenters. The Bertz CT molecular complexity index is 906. The maximum Gasteiger partial charge on any atom is 0.308 e. The van der Waals surface area contributed by atoms with Gasteiger partial charge in [-0.15, -0.1) is 0 Å². The standard InChI is InChI=1S/C19H20FN3O3/c1-11-5-6-14(20)16(9-11)23-15-4-2-3-13(15)17(21-23)18(24)22-8-7-12(10-22)19(25)26/h5-6,9,12H,2-4,7-8,10H2,1H3,(H,25,26). The molecule has 4 rings (SSSR count). The molecule has 2 heterocycles. The van der Waals surface area contributed by atoms with Crippen LogP contribution >= 0.6 is 0 Å². The maximum absolute atomic E-state index is 14.4. The number of carboxylic acids is 1. The molecule has 0 radical (unpaired) electrons. The third-order valence-electron chi connectivity index (χ3n) is 5.29. The largest absolute Gasteiger partial charge is 0.481 e. The van der Waals surface area contributed by atoms with Crippen LogP contribution in [0.1, 0.15) is 40.2 Å². The molecule has 1 fully saturated rings. The van der Waals surface area contributed by atoms with E-state index in [1.807, 2.05) is 6.92 Å². The lowest BCUT2D eigenvalue weighted by Gasteiger charge is -2.15. The van der Waals surface area contributed by atoms with E-state index in [0.29, 0.717) is 24.3 Å². The number of aliphatic carboxylic acids is 1. The fraction of sp³-hybridized carbons (Fsp3) is 0.421. The van der Waals surface area contributed by atoms with Crippen molar-refractivity contribution < 1.29 is 19.1 Å². The van der Waals surface area contributed by atoms with E-state index in [4.69, 9.17) is 5.11 Å². The first-order chi connectivity index (χ1) is 12.5. The number of fused-ring (bicyclic) bond motifs is 1. The van der Waals surface area contributed by atoms with E-state index in [-0.39, 0.29) is 18.3 Å². The van der Waals surface area contributed by atoms with Crippen molar-refractivity contribution in [1.82, 2.24) is 14.7 Å². The van der Waals surface area contributed by atoms with Crippen LogP contribution in [-0.2, 0) is 17.6 Å². The minimum absolute atomic E-state index is 0.203. The van der Waals surface area contributed by atoms with E-state index >= 15 is 0 Å². The van der Waals surface area contributed by atoms with E-state index < -0.39 is 11.9 Å². The predicted molar refractivity (Wildman–Crippen MR) is 91.9 cm³/mol. The van der Waals surface area contributed by atoms with Gasteiger partial charge < -0.3 is 10.0 Å². The smallest absolute Gasteiger partial charge is 0.308 e. The van der Waals surface area contributed by atoms with Gasteiger partial charge in [-0.3, -0.25) is 9.59 Å². The first-order valence-electron chi connectivity index (χ1n) is 8.85. The second kappa shape index (κ2) is 6.23. The average molecular weight is 357 g/mol. The molecule has 0 bridgehead atoms. The van der Waals surface area contributed by atoms with Crippen LogP contribution in [0.5, 0.6) is 0 Å². The average Bonchev–Trinajstić information content (AvgIpc) is 3.32. The molecule has 0 spiro atoms. The maximum atomic E-state index is 14.4. The Morgan fingerprint density at radius 3 is 2.85 bits per heavy atom. The fourth-order valence-electron chi connectivity index (χ4n) is 3.89. The van der Waals surface area contributed by atoms with Crippen molar-refractivity contribution in [3.05, 3.63) is 46.5 Å². The van der Waals surface area contributed by atoms with Gasteiger partial charge in [0.1, 0.15) is 11.5 Å². The van der Waals surface area contributed by atoms with Crippen LogP contribution < -0.4 is 0 Å². The van der Waals surface area contributed by atoms with E-state index in [9.17, 15) is 14.0 Å². The number of hydrogen-bond acceptors (Lipinski definition) is 3. The highest BCUT2D eigenvalue weighted by molar-refractivity contribution is 5.95. The van der Waals surface area contributed by atoms with Crippen molar-refractivity contribution >= 4 is 11.9 Å². The van der Waals surface area contributed by atoms with Crippen LogP contribution in [-0.4, -0.2) is 44.8 Å². The SMILES string of the molecule is Cc1ccc(F)c(-n2nc(C(=O)N3CCC(C(=O)O)C3)c3c2CCC3)c1. The summed E-state index contributed by atoms with van der Waals surface area (Å²) < 4.78 is 15.9. The molecule has 0 saturated carbocycles. The lowest BCUT2D eigenvalue weighted by Crippen LogP contribution is -2.31. The zero-order chi connectivity index (χ0) is 18.4. The Balaban J connectivity index is 1.72. The van der Waals surface area contributed by atoms with Gasteiger partial charge in [-0.25, -0.2) is 9.07 Å². The quantitative estimate of drug-likeness (QED) is 0.915. The molecule has 1 aromatic carbocycles. The van der Waals surface area contributed by atoms with E-state index in [0.717, 1.165) is 36.1 Å². The molecular weight excluding hydrogens is 337 g/mol. The summed E-state index contributed by atoms with van der Waals surface area (Å²) in [4.78, 5) is 25.6. The van der Waals surface area contributed by atoms with Gasteiger partial charge in [-0.1, -0.05) is 6.07 Å². The van der Waals surface area contributed by atoms with Crippen LogP contribution in [0.15, 0.2) is 18.2 Å². The summed E-state index contributed by atoms with van der Waals surface area (Å²) in [5, 5.41) is 13.6. The number of aryl methyl sites for hydroxylation is 1. The minimum atomic E-state index is -0.877. The zero-order valence-electron chi connectivity index (χ0n) is 14.5. The summed E-state index contributed by atoms with van der Waals surface area (Å²) in [5.74, 6) is -2.03. The van der Waals surface area contributed by atoms with Gasteiger partial charge in [0.25, 0.3) is 5.91 Å². The second-order valence-electron chi connectivity index (χ2n) is 7.07. The Kier molecular flexibility index (Phi) is 4.01. The van der Waals surface area contributed by atoms with Crippen molar-refractivity contribution in [1.29, 1.82) is 0 Å². The number of hydrogen-bond donors (Lipinski definition) is 1. The topological polar surface area (TPSA) is 75.4 Å². The first-order valence-corrected chi connectivity index (χ1v) is 8.85. The summed E-state index contributed by atoms with van der Waals surface area (Å²) in [6.07, 6.45) is 2.84. The van der Waals surface area contributed by atoms with Crippen molar-refractivity contribution in [2.45, 2.75) is 32.6 Å². The van der Waals surface area contributed by atoms with Crippen molar-refractivity contribution in [3.63, 3.8) is 0 Å². The van der Waals surface area contributed by atoms with E-state index in [1.54, 1.807) is 21.7 Å². The number of carbonyl (C=O) groups excluding carboxylic acids is 1. The lowest BCUT2D eigenvalue weighted by molar-refractivity contribution is -0.141. The van der Waals surface area contributed by atoms with Crippen LogP contribution in [0.3, 0.4) is 0 Å². The Hall–Kier alpha value is -2.70. The van der Waals surface area contributed by atoms with Crippen LogP contribution in [0, 0.1) is 18.7 Å². The normalized spacial score (nSPS) is 19.0. The number of rotatable bonds is 3. The molecule has 1 atom stereocenters. The molecule has 1 aliphatic carbocycles. The number of carbonyl (C=O) groups is 2. The Morgan fingerprint density at radius 1 is 1.31 bits per heavy atom. The highest BCUT2D eigenvalue weighted by atomic mass is 19.1. The number of aromatic nitrogens is 2. The van der Waals surface area contributed by atoms with Crippen molar-refractivity contribution in [2.24, 2.45) is 5.92 Å². The summed E-state index contributed by atoms with van der Waals surface area (Å²) in [6.45, 7) is 2.50. The first kappa shape index (κ1) is 16.8. The monoisotopic (exact) mass is 357 g/mol. The number of nitrogens with zero attached hydrogens (tertiary/aromatic N) is 3. The summed E-state index contributed by atoms with van der Waals surface area (Å²) in [5.41, 5.74) is 3.36. The minimum Gasteiger partial charge on any atom is -0.481 e. The molecule has 1 N–H and O–H groups in total. The Labute approximate surface area is 150 Å². The highest BCUT2D eigenvalue weighted by Gasteiger charge is 2.35. The van der Waals surface area contributed by atoms with Crippen LogP contribution in [0.2, 0.25) is 0 Å². The zero-order valence-corrected chi connectivity index (χ0v) is 14.5. The summed E-state index contributed by atoms with van der Waals surface area (Å²) in [6, 6.07) is 4.84. The number of benzene rings is 1. The number of carboxylic acid groups (broad SMARTS) is 1. The van der Waals surface area contributed by atoms with Crippen molar-refractivity contribution in [3.8, 4) is 5.69 Å². The second-order valence-corrected chi connectivity index (χ2v) is 7.07.